The SMILES string of the molecule is [Na+].[O-]c1cccc(SC(F)(F)F)c1. The van der Waals surface area contributed by atoms with Crippen LogP contribution in [0.15, 0.2) is 29.2 Å². The van der Waals surface area contributed by atoms with Crippen LogP contribution in [-0.2, 0) is 0 Å². The van der Waals surface area contributed by atoms with Gasteiger partial charge in [0.05, 0.1) is 0 Å². The van der Waals surface area contributed by atoms with E-state index in [9.17, 15) is 18.3 Å². The minimum atomic E-state index is -4.33. The Balaban J connectivity index is 0.00000144. The van der Waals surface area contributed by atoms with Crippen LogP contribution in [0.2, 0.25) is 0 Å². The predicted molar refractivity (Wildman–Crippen MR) is 37.8 cm³/mol. The summed E-state index contributed by atoms with van der Waals surface area (Å²) in [5.41, 5.74) is -4.33. The molecular formula is C7H4F3NaOS. The molecule has 6 heteroatoms. The van der Waals surface area contributed by atoms with Crippen LogP contribution >= 0.6 is 11.8 Å². The van der Waals surface area contributed by atoms with Gasteiger partial charge in [-0.1, -0.05) is 18.2 Å². The van der Waals surface area contributed by atoms with E-state index in [0.29, 0.717) is 0 Å². The molecule has 1 nitrogen and oxygen atoms in total. The summed E-state index contributed by atoms with van der Waals surface area (Å²) in [6, 6.07) is 4.72. The van der Waals surface area contributed by atoms with Crippen molar-refractivity contribution >= 4 is 11.8 Å². The summed E-state index contributed by atoms with van der Waals surface area (Å²) in [6.45, 7) is 0. The molecule has 0 saturated carbocycles. The normalized spacial score (nSPS) is 10.7. The Morgan fingerprint density at radius 2 is 1.85 bits per heavy atom. The summed E-state index contributed by atoms with van der Waals surface area (Å²) in [6.07, 6.45) is 0. The van der Waals surface area contributed by atoms with E-state index in [0.717, 1.165) is 6.07 Å². The van der Waals surface area contributed by atoms with Crippen LogP contribution in [0.5, 0.6) is 5.75 Å². The van der Waals surface area contributed by atoms with Gasteiger partial charge in [0.1, 0.15) is 0 Å². The molecule has 0 spiro atoms. The van der Waals surface area contributed by atoms with Crippen molar-refractivity contribution in [1.82, 2.24) is 0 Å². The molecular weight excluding hydrogens is 212 g/mol. The second-order valence-electron chi connectivity index (χ2n) is 2.02. The minimum Gasteiger partial charge on any atom is -0.872 e. The molecule has 1 rings (SSSR count). The maximum absolute atomic E-state index is 11.7. The number of hydrogen-bond donors (Lipinski definition) is 0. The molecule has 1 aromatic carbocycles. The molecule has 1 aromatic rings. The van der Waals surface area contributed by atoms with Crippen molar-refractivity contribution in [2.75, 3.05) is 0 Å². The van der Waals surface area contributed by atoms with Crippen LogP contribution in [0, 0.1) is 0 Å². The van der Waals surface area contributed by atoms with Crippen molar-refractivity contribution in [2.24, 2.45) is 0 Å². The molecule has 0 fully saturated rings. The summed E-state index contributed by atoms with van der Waals surface area (Å²) in [5, 5.41) is 10.6. The topological polar surface area (TPSA) is 23.1 Å². The third kappa shape index (κ3) is 5.46. The maximum Gasteiger partial charge on any atom is 1.00 e. The van der Waals surface area contributed by atoms with Crippen LogP contribution in [0.1, 0.15) is 0 Å². The van der Waals surface area contributed by atoms with Crippen molar-refractivity contribution in [2.45, 2.75) is 10.4 Å². The zero-order chi connectivity index (χ0) is 9.19. The van der Waals surface area contributed by atoms with Crippen molar-refractivity contribution in [3.05, 3.63) is 24.3 Å². The van der Waals surface area contributed by atoms with Gasteiger partial charge in [0, 0.05) is 4.90 Å². The van der Waals surface area contributed by atoms with Crippen LogP contribution in [-0.4, -0.2) is 5.51 Å². The number of benzene rings is 1. The molecule has 0 aromatic heterocycles. The van der Waals surface area contributed by atoms with Crippen LogP contribution in [0.3, 0.4) is 0 Å². The molecule has 0 saturated heterocycles. The second-order valence-corrected chi connectivity index (χ2v) is 3.16. The summed E-state index contributed by atoms with van der Waals surface area (Å²) in [5.74, 6) is -0.413. The largest absolute Gasteiger partial charge is 1.00 e. The monoisotopic (exact) mass is 216 g/mol. The van der Waals surface area contributed by atoms with Gasteiger partial charge in [-0.25, -0.2) is 0 Å². The third-order valence-corrected chi connectivity index (χ3v) is 1.76. The molecule has 0 aliphatic rings. The molecule has 0 aliphatic heterocycles. The van der Waals surface area contributed by atoms with Crippen molar-refractivity contribution < 1.29 is 47.8 Å². The smallest absolute Gasteiger partial charge is 0.872 e. The van der Waals surface area contributed by atoms with E-state index in [-0.39, 0.29) is 46.2 Å². The van der Waals surface area contributed by atoms with E-state index in [1.165, 1.54) is 18.2 Å². The van der Waals surface area contributed by atoms with Gasteiger partial charge in [-0.15, -0.1) is 5.75 Å². The Morgan fingerprint density at radius 1 is 1.23 bits per heavy atom. The molecule has 0 unspecified atom stereocenters. The number of halogens is 3. The summed E-state index contributed by atoms with van der Waals surface area (Å²) in [4.78, 5) is -0.0741. The molecule has 0 atom stereocenters. The number of thioether (sulfide) groups is 1. The summed E-state index contributed by atoms with van der Waals surface area (Å²) in [7, 11) is 0. The Labute approximate surface area is 99.6 Å². The first-order valence-electron chi connectivity index (χ1n) is 3.00. The fourth-order valence-electron chi connectivity index (χ4n) is 0.671. The molecule has 0 N–H and O–H groups in total. The van der Waals surface area contributed by atoms with E-state index in [4.69, 9.17) is 0 Å². The molecule has 13 heavy (non-hydrogen) atoms. The number of hydrogen-bond acceptors (Lipinski definition) is 2. The number of rotatable bonds is 1. The summed E-state index contributed by atoms with van der Waals surface area (Å²) < 4.78 is 35.2. The van der Waals surface area contributed by atoms with Gasteiger partial charge in [0.2, 0.25) is 0 Å². The Bertz CT molecular complexity index is 277. The molecule has 0 heterocycles. The van der Waals surface area contributed by atoms with Crippen LogP contribution in [0.4, 0.5) is 13.2 Å². The van der Waals surface area contributed by atoms with Gasteiger partial charge in [0.15, 0.2) is 0 Å². The Kier molecular flexibility index (Phi) is 5.21. The van der Waals surface area contributed by atoms with Gasteiger partial charge in [-0.2, -0.15) is 13.2 Å². The first-order valence-corrected chi connectivity index (χ1v) is 3.82. The van der Waals surface area contributed by atoms with E-state index < -0.39 is 11.3 Å². The molecule has 0 amide bonds. The van der Waals surface area contributed by atoms with E-state index in [2.05, 4.69) is 0 Å². The molecule has 0 bridgehead atoms. The minimum absolute atomic E-state index is 0. The van der Waals surface area contributed by atoms with Gasteiger partial charge in [0.25, 0.3) is 0 Å². The second kappa shape index (κ2) is 5.14. The first-order chi connectivity index (χ1) is 5.47. The fourth-order valence-corrected chi connectivity index (χ4v) is 1.26. The van der Waals surface area contributed by atoms with Gasteiger partial charge < -0.3 is 5.11 Å². The van der Waals surface area contributed by atoms with Gasteiger partial charge in [-0.05, 0) is 17.8 Å². The zero-order valence-electron chi connectivity index (χ0n) is 6.76. The number of alkyl halides is 3. The van der Waals surface area contributed by atoms with Crippen molar-refractivity contribution in [3.63, 3.8) is 0 Å². The zero-order valence-corrected chi connectivity index (χ0v) is 9.58. The van der Waals surface area contributed by atoms with Gasteiger partial charge >= 0.3 is 35.1 Å². The standard InChI is InChI=1S/C7H5F3OS.Na/c8-7(9,10)12-6-3-1-2-5(11)4-6;/h1-4,11H;/q;+1/p-1. The van der Waals surface area contributed by atoms with E-state index in [1.54, 1.807) is 0 Å². The maximum atomic E-state index is 11.7. The van der Waals surface area contributed by atoms with Gasteiger partial charge in [-0.3, -0.25) is 0 Å². The Morgan fingerprint density at radius 3 is 2.31 bits per heavy atom. The van der Waals surface area contributed by atoms with Crippen LogP contribution in [0.25, 0.3) is 0 Å². The average molecular weight is 216 g/mol. The van der Waals surface area contributed by atoms with E-state index >= 15 is 0 Å². The average Bonchev–Trinajstić information content (AvgIpc) is 1.82. The van der Waals surface area contributed by atoms with Crippen molar-refractivity contribution in [1.29, 1.82) is 0 Å². The quantitative estimate of drug-likeness (QED) is 0.461. The van der Waals surface area contributed by atoms with Crippen LogP contribution < -0.4 is 34.7 Å². The first kappa shape index (κ1) is 13.2. The van der Waals surface area contributed by atoms with Crippen molar-refractivity contribution in [3.8, 4) is 5.75 Å². The van der Waals surface area contributed by atoms with E-state index in [1.807, 2.05) is 0 Å². The predicted octanol–water partition coefficient (Wildman–Crippen LogP) is -0.624. The third-order valence-electron chi connectivity index (χ3n) is 1.04. The fraction of sp³-hybridized carbons (Fsp3) is 0.143. The molecule has 66 valence electrons. The summed E-state index contributed by atoms with van der Waals surface area (Å²) >= 11 is -0.285. The molecule has 0 radical (unpaired) electrons. The molecule has 0 aliphatic carbocycles. The Hall–Kier alpha value is 0.160.